The molecule has 1 aromatic carbocycles. The van der Waals surface area contributed by atoms with E-state index in [2.05, 4.69) is 10.6 Å². The van der Waals surface area contributed by atoms with Crippen LogP contribution in [0, 0.1) is 5.82 Å². The molecule has 1 aliphatic rings. The second-order valence-electron chi connectivity index (χ2n) is 5.35. The lowest BCUT2D eigenvalue weighted by atomic mass is 10.1. The predicted molar refractivity (Wildman–Crippen MR) is 80.4 cm³/mol. The molecular formula is C15H19FN4O3. The topological polar surface area (TPSA) is 105 Å². The van der Waals surface area contributed by atoms with Crippen molar-refractivity contribution in [3.8, 4) is 0 Å². The summed E-state index contributed by atoms with van der Waals surface area (Å²) in [6.07, 6.45) is -0.0889. The predicted octanol–water partition coefficient (Wildman–Crippen LogP) is -0.882. The van der Waals surface area contributed by atoms with Gasteiger partial charge in [0.1, 0.15) is 5.82 Å². The Balaban J connectivity index is 2.02. The second-order valence-corrected chi connectivity index (χ2v) is 5.35. The van der Waals surface area contributed by atoms with Crippen LogP contribution in [-0.2, 0) is 20.9 Å². The van der Waals surface area contributed by atoms with Gasteiger partial charge in [-0.3, -0.25) is 19.3 Å². The van der Waals surface area contributed by atoms with Crippen LogP contribution in [0.4, 0.5) is 4.39 Å². The fourth-order valence-electron chi connectivity index (χ4n) is 2.48. The molecule has 0 spiro atoms. The van der Waals surface area contributed by atoms with Crippen molar-refractivity contribution in [2.75, 3.05) is 19.6 Å². The van der Waals surface area contributed by atoms with Gasteiger partial charge in [-0.2, -0.15) is 0 Å². The molecule has 0 bridgehead atoms. The number of carbonyl (C=O) groups excluding carboxylic acids is 3. The van der Waals surface area contributed by atoms with Crippen molar-refractivity contribution in [3.63, 3.8) is 0 Å². The van der Waals surface area contributed by atoms with Gasteiger partial charge >= 0.3 is 0 Å². The number of nitrogens with two attached hydrogens (primary N) is 1. The fourth-order valence-corrected chi connectivity index (χ4v) is 2.48. The largest absolute Gasteiger partial charge is 0.368 e. The lowest BCUT2D eigenvalue weighted by Crippen LogP contribution is -2.56. The lowest BCUT2D eigenvalue weighted by Gasteiger charge is -2.34. The van der Waals surface area contributed by atoms with Gasteiger partial charge in [0, 0.05) is 19.6 Å². The Labute approximate surface area is 133 Å². The smallest absolute Gasteiger partial charge is 0.237 e. The number of primary amides is 1. The number of hydrogen-bond donors (Lipinski definition) is 3. The van der Waals surface area contributed by atoms with Gasteiger partial charge in [-0.05, 0) is 17.7 Å². The third-order valence-corrected chi connectivity index (χ3v) is 3.55. The molecule has 1 fully saturated rings. The maximum absolute atomic E-state index is 13.3. The second kappa shape index (κ2) is 7.68. The number of benzene rings is 1. The first-order chi connectivity index (χ1) is 11.0. The van der Waals surface area contributed by atoms with E-state index < -0.39 is 17.9 Å². The molecule has 1 saturated heterocycles. The number of piperazine rings is 1. The monoisotopic (exact) mass is 322 g/mol. The molecule has 23 heavy (non-hydrogen) atoms. The molecule has 1 unspecified atom stereocenters. The SMILES string of the molecule is NC(=O)CNC(=O)CC1C(=O)NCCN1Cc1cccc(F)c1. The summed E-state index contributed by atoms with van der Waals surface area (Å²) in [7, 11) is 0. The maximum Gasteiger partial charge on any atom is 0.237 e. The average molecular weight is 322 g/mol. The van der Waals surface area contributed by atoms with Crippen LogP contribution in [0.2, 0.25) is 0 Å². The van der Waals surface area contributed by atoms with Crippen LogP contribution in [0.3, 0.4) is 0 Å². The van der Waals surface area contributed by atoms with Gasteiger partial charge in [0.2, 0.25) is 17.7 Å². The van der Waals surface area contributed by atoms with E-state index in [1.165, 1.54) is 12.1 Å². The van der Waals surface area contributed by atoms with Crippen LogP contribution in [0.5, 0.6) is 0 Å². The Morgan fingerprint density at radius 3 is 2.91 bits per heavy atom. The van der Waals surface area contributed by atoms with Crippen molar-refractivity contribution >= 4 is 17.7 Å². The zero-order valence-corrected chi connectivity index (χ0v) is 12.5. The van der Waals surface area contributed by atoms with E-state index in [1.807, 2.05) is 4.90 Å². The molecule has 124 valence electrons. The van der Waals surface area contributed by atoms with Crippen LogP contribution in [0.15, 0.2) is 24.3 Å². The van der Waals surface area contributed by atoms with Crippen molar-refractivity contribution < 1.29 is 18.8 Å². The molecule has 1 heterocycles. The summed E-state index contributed by atoms with van der Waals surface area (Å²) in [5.41, 5.74) is 5.69. The van der Waals surface area contributed by atoms with Gasteiger partial charge in [-0.15, -0.1) is 0 Å². The Hall–Kier alpha value is -2.48. The molecular weight excluding hydrogens is 303 g/mol. The molecule has 3 amide bonds. The molecule has 1 aromatic rings. The standard InChI is InChI=1S/C15H19FN4O3/c16-11-3-1-2-10(6-11)9-20-5-4-18-15(23)12(20)7-14(22)19-8-13(17)21/h1-3,6,12H,4-5,7-9H2,(H2,17,21)(H,18,23)(H,19,22). The zero-order chi connectivity index (χ0) is 16.8. The highest BCUT2D eigenvalue weighted by atomic mass is 19.1. The quantitative estimate of drug-likeness (QED) is 0.632. The number of nitrogens with one attached hydrogen (secondary N) is 2. The number of rotatable bonds is 6. The fraction of sp³-hybridized carbons (Fsp3) is 0.400. The van der Waals surface area contributed by atoms with Gasteiger partial charge in [0.05, 0.1) is 19.0 Å². The molecule has 2 rings (SSSR count). The lowest BCUT2D eigenvalue weighted by molar-refractivity contribution is -0.134. The van der Waals surface area contributed by atoms with E-state index >= 15 is 0 Å². The van der Waals surface area contributed by atoms with Gasteiger partial charge in [0.25, 0.3) is 0 Å². The third kappa shape index (κ3) is 5.03. The van der Waals surface area contributed by atoms with Crippen LogP contribution in [0.1, 0.15) is 12.0 Å². The highest BCUT2D eigenvalue weighted by Gasteiger charge is 2.31. The summed E-state index contributed by atoms with van der Waals surface area (Å²) in [5.74, 6) is -1.69. The van der Waals surface area contributed by atoms with Crippen LogP contribution in [0.25, 0.3) is 0 Å². The van der Waals surface area contributed by atoms with Crippen molar-refractivity contribution in [3.05, 3.63) is 35.6 Å². The molecule has 8 heteroatoms. The molecule has 1 aliphatic heterocycles. The average Bonchev–Trinajstić information content (AvgIpc) is 2.49. The van der Waals surface area contributed by atoms with Crippen LogP contribution < -0.4 is 16.4 Å². The first-order valence-corrected chi connectivity index (χ1v) is 7.27. The van der Waals surface area contributed by atoms with Gasteiger partial charge in [-0.1, -0.05) is 12.1 Å². The summed E-state index contributed by atoms with van der Waals surface area (Å²) < 4.78 is 13.3. The minimum atomic E-state index is -0.667. The van der Waals surface area contributed by atoms with E-state index in [4.69, 9.17) is 5.73 Å². The zero-order valence-electron chi connectivity index (χ0n) is 12.5. The van der Waals surface area contributed by atoms with Crippen molar-refractivity contribution in [2.24, 2.45) is 5.73 Å². The van der Waals surface area contributed by atoms with Crippen molar-refractivity contribution in [2.45, 2.75) is 19.0 Å². The number of halogens is 1. The third-order valence-electron chi connectivity index (χ3n) is 3.55. The Morgan fingerprint density at radius 2 is 2.22 bits per heavy atom. The summed E-state index contributed by atoms with van der Waals surface area (Å²) in [5, 5.41) is 5.07. The van der Waals surface area contributed by atoms with Gasteiger partial charge < -0.3 is 16.4 Å². The van der Waals surface area contributed by atoms with Crippen molar-refractivity contribution in [1.29, 1.82) is 0 Å². The molecule has 0 aromatic heterocycles. The first kappa shape index (κ1) is 16.9. The van der Waals surface area contributed by atoms with E-state index in [1.54, 1.807) is 12.1 Å². The number of hydrogen-bond acceptors (Lipinski definition) is 4. The molecule has 0 radical (unpaired) electrons. The summed E-state index contributed by atoms with van der Waals surface area (Å²) >= 11 is 0. The van der Waals surface area contributed by atoms with Gasteiger partial charge in [-0.25, -0.2) is 4.39 Å². The van der Waals surface area contributed by atoms with E-state index in [0.29, 0.717) is 19.6 Å². The minimum absolute atomic E-state index is 0.0889. The Bertz CT molecular complexity index is 608. The Kier molecular flexibility index (Phi) is 5.64. The van der Waals surface area contributed by atoms with E-state index in [9.17, 15) is 18.8 Å². The molecule has 0 aliphatic carbocycles. The summed E-state index contributed by atoms with van der Waals surface area (Å²) in [4.78, 5) is 36.4. The maximum atomic E-state index is 13.3. The molecule has 0 saturated carbocycles. The van der Waals surface area contributed by atoms with Crippen LogP contribution >= 0.6 is 0 Å². The highest BCUT2D eigenvalue weighted by Crippen LogP contribution is 2.14. The number of carbonyl (C=O) groups is 3. The number of amides is 3. The summed E-state index contributed by atoms with van der Waals surface area (Å²) in [6, 6.07) is 5.45. The van der Waals surface area contributed by atoms with E-state index in [-0.39, 0.29) is 24.7 Å². The van der Waals surface area contributed by atoms with E-state index in [0.717, 1.165) is 5.56 Å². The normalized spacial score (nSPS) is 18.3. The minimum Gasteiger partial charge on any atom is -0.368 e. The van der Waals surface area contributed by atoms with Crippen molar-refractivity contribution in [1.82, 2.24) is 15.5 Å². The Morgan fingerprint density at radius 1 is 1.43 bits per heavy atom. The van der Waals surface area contributed by atoms with Gasteiger partial charge in [0.15, 0.2) is 0 Å². The molecule has 4 N–H and O–H groups in total. The highest BCUT2D eigenvalue weighted by molar-refractivity contribution is 5.90. The summed E-state index contributed by atoms with van der Waals surface area (Å²) in [6.45, 7) is 1.11. The molecule has 1 atom stereocenters. The number of nitrogens with zero attached hydrogens (tertiary/aromatic N) is 1. The first-order valence-electron chi connectivity index (χ1n) is 7.27. The van der Waals surface area contributed by atoms with Crippen LogP contribution in [-0.4, -0.2) is 48.3 Å². The molecule has 7 nitrogen and oxygen atoms in total.